The summed E-state index contributed by atoms with van der Waals surface area (Å²) in [5, 5.41) is 3.27. The Balaban J connectivity index is 1.88. The SMILES string of the molecule is CN(C)C(=O)CCNCc1cccc2c1OCCCO2. The molecule has 0 fully saturated rings. The van der Waals surface area contributed by atoms with Crippen LogP contribution in [0.2, 0.25) is 0 Å². The van der Waals surface area contributed by atoms with E-state index in [0.29, 0.717) is 32.7 Å². The van der Waals surface area contributed by atoms with E-state index in [4.69, 9.17) is 9.47 Å². The van der Waals surface area contributed by atoms with Crippen molar-refractivity contribution in [1.82, 2.24) is 10.2 Å². The monoisotopic (exact) mass is 278 g/mol. The van der Waals surface area contributed by atoms with Gasteiger partial charge in [-0.2, -0.15) is 0 Å². The smallest absolute Gasteiger partial charge is 0.223 e. The van der Waals surface area contributed by atoms with Crippen LogP contribution in [0.3, 0.4) is 0 Å². The summed E-state index contributed by atoms with van der Waals surface area (Å²) in [5.74, 6) is 1.77. The van der Waals surface area contributed by atoms with E-state index in [9.17, 15) is 4.79 Å². The molecule has 0 aliphatic carbocycles. The third-order valence-electron chi connectivity index (χ3n) is 3.18. The number of carbonyl (C=O) groups excluding carboxylic acids is 1. The van der Waals surface area contributed by atoms with Gasteiger partial charge < -0.3 is 19.7 Å². The van der Waals surface area contributed by atoms with E-state index in [1.807, 2.05) is 18.2 Å². The van der Waals surface area contributed by atoms with Gasteiger partial charge in [0.1, 0.15) is 0 Å². The Morgan fingerprint density at radius 1 is 1.30 bits per heavy atom. The number of nitrogens with one attached hydrogen (secondary N) is 1. The number of hydrogen-bond donors (Lipinski definition) is 1. The molecular weight excluding hydrogens is 256 g/mol. The molecule has 0 aromatic heterocycles. The molecule has 1 aliphatic heterocycles. The topological polar surface area (TPSA) is 50.8 Å². The highest BCUT2D eigenvalue weighted by molar-refractivity contribution is 5.75. The lowest BCUT2D eigenvalue weighted by molar-refractivity contribution is -0.128. The van der Waals surface area contributed by atoms with Crippen LogP contribution in [-0.4, -0.2) is 44.7 Å². The van der Waals surface area contributed by atoms with Gasteiger partial charge in [-0.1, -0.05) is 12.1 Å². The first-order chi connectivity index (χ1) is 9.68. The Morgan fingerprint density at radius 3 is 2.90 bits per heavy atom. The molecule has 20 heavy (non-hydrogen) atoms. The first-order valence-electron chi connectivity index (χ1n) is 6.97. The molecule has 2 rings (SSSR count). The van der Waals surface area contributed by atoms with Crippen molar-refractivity contribution in [1.29, 1.82) is 0 Å². The third-order valence-corrected chi connectivity index (χ3v) is 3.18. The number of nitrogens with zero attached hydrogens (tertiary/aromatic N) is 1. The number of para-hydroxylation sites is 1. The van der Waals surface area contributed by atoms with Gasteiger partial charge in [-0.3, -0.25) is 4.79 Å². The van der Waals surface area contributed by atoms with E-state index >= 15 is 0 Å². The zero-order chi connectivity index (χ0) is 14.4. The van der Waals surface area contributed by atoms with Crippen molar-refractivity contribution in [2.75, 3.05) is 33.9 Å². The zero-order valence-corrected chi connectivity index (χ0v) is 12.1. The van der Waals surface area contributed by atoms with Crippen LogP contribution >= 0.6 is 0 Å². The number of amides is 1. The maximum atomic E-state index is 11.5. The summed E-state index contributed by atoms with van der Waals surface area (Å²) in [6.45, 7) is 2.71. The van der Waals surface area contributed by atoms with Crippen LogP contribution in [0, 0.1) is 0 Å². The lowest BCUT2D eigenvalue weighted by Gasteiger charge is -2.14. The van der Waals surface area contributed by atoms with Crippen molar-refractivity contribution < 1.29 is 14.3 Å². The van der Waals surface area contributed by atoms with Crippen LogP contribution < -0.4 is 14.8 Å². The summed E-state index contributed by atoms with van der Waals surface area (Å²) >= 11 is 0. The van der Waals surface area contributed by atoms with Crippen molar-refractivity contribution in [2.24, 2.45) is 0 Å². The molecule has 110 valence electrons. The van der Waals surface area contributed by atoms with Gasteiger partial charge in [-0.15, -0.1) is 0 Å². The molecular formula is C15H22N2O3. The van der Waals surface area contributed by atoms with Gasteiger partial charge in [-0.05, 0) is 6.07 Å². The lowest BCUT2D eigenvalue weighted by Crippen LogP contribution is -2.26. The second kappa shape index (κ2) is 7.14. The molecule has 1 aromatic carbocycles. The highest BCUT2D eigenvalue weighted by Crippen LogP contribution is 2.32. The van der Waals surface area contributed by atoms with Gasteiger partial charge in [0.25, 0.3) is 0 Å². The van der Waals surface area contributed by atoms with Gasteiger partial charge in [0, 0.05) is 45.6 Å². The standard InChI is InChI=1S/C15H22N2O3/c1-17(2)14(18)7-8-16-11-12-5-3-6-13-15(12)20-10-4-9-19-13/h3,5-6,16H,4,7-11H2,1-2H3. The minimum atomic E-state index is 0.129. The summed E-state index contributed by atoms with van der Waals surface area (Å²) in [6, 6.07) is 5.92. The highest BCUT2D eigenvalue weighted by atomic mass is 16.5. The summed E-state index contributed by atoms with van der Waals surface area (Å²) < 4.78 is 11.4. The quantitative estimate of drug-likeness (QED) is 0.828. The molecule has 1 aliphatic rings. The van der Waals surface area contributed by atoms with E-state index in [-0.39, 0.29) is 5.91 Å². The minimum Gasteiger partial charge on any atom is -0.490 e. The summed E-state index contributed by atoms with van der Waals surface area (Å²) in [5.41, 5.74) is 1.07. The first kappa shape index (κ1) is 14.7. The maximum absolute atomic E-state index is 11.5. The Morgan fingerprint density at radius 2 is 2.10 bits per heavy atom. The van der Waals surface area contributed by atoms with Crippen LogP contribution in [-0.2, 0) is 11.3 Å². The van der Waals surface area contributed by atoms with Gasteiger partial charge >= 0.3 is 0 Å². The second-order valence-electron chi connectivity index (χ2n) is 5.01. The Hall–Kier alpha value is -1.75. The fraction of sp³-hybridized carbons (Fsp3) is 0.533. The van der Waals surface area contributed by atoms with Gasteiger partial charge in [0.15, 0.2) is 11.5 Å². The van der Waals surface area contributed by atoms with Crippen molar-refractivity contribution >= 4 is 5.91 Å². The summed E-state index contributed by atoms with van der Waals surface area (Å²) in [6.07, 6.45) is 1.40. The second-order valence-corrected chi connectivity index (χ2v) is 5.01. The third kappa shape index (κ3) is 3.87. The molecule has 5 heteroatoms. The largest absolute Gasteiger partial charge is 0.490 e. The van der Waals surface area contributed by atoms with E-state index in [1.165, 1.54) is 0 Å². The fourth-order valence-corrected chi connectivity index (χ4v) is 2.04. The van der Waals surface area contributed by atoms with E-state index < -0.39 is 0 Å². The lowest BCUT2D eigenvalue weighted by atomic mass is 10.2. The molecule has 0 radical (unpaired) electrons. The van der Waals surface area contributed by atoms with Crippen molar-refractivity contribution in [3.8, 4) is 11.5 Å². The van der Waals surface area contributed by atoms with Crippen LogP contribution in [0.25, 0.3) is 0 Å². The molecule has 0 atom stereocenters. The van der Waals surface area contributed by atoms with E-state index in [1.54, 1.807) is 19.0 Å². The predicted octanol–water partition coefficient (Wildman–Crippen LogP) is 1.42. The van der Waals surface area contributed by atoms with E-state index in [0.717, 1.165) is 23.5 Å². The first-order valence-corrected chi connectivity index (χ1v) is 6.97. The van der Waals surface area contributed by atoms with Crippen LogP contribution in [0.4, 0.5) is 0 Å². The number of carbonyl (C=O) groups is 1. The Bertz CT molecular complexity index is 460. The molecule has 0 unspecified atom stereocenters. The summed E-state index contributed by atoms with van der Waals surface area (Å²) in [4.78, 5) is 13.1. The van der Waals surface area contributed by atoms with Crippen molar-refractivity contribution in [3.05, 3.63) is 23.8 Å². The maximum Gasteiger partial charge on any atom is 0.223 e. The molecule has 1 N–H and O–H groups in total. The number of hydrogen-bond acceptors (Lipinski definition) is 4. The van der Waals surface area contributed by atoms with Crippen LogP contribution in [0.15, 0.2) is 18.2 Å². The molecule has 0 spiro atoms. The molecule has 1 amide bonds. The number of fused-ring (bicyclic) bond motifs is 1. The van der Waals surface area contributed by atoms with Gasteiger partial charge in [0.2, 0.25) is 5.91 Å². The van der Waals surface area contributed by atoms with Crippen molar-refractivity contribution in [3.63, 3.8) is 0 Å². The molecule has 1 aromatic rings. The average Bonchev–Trinajstić information content (AvgIpc) is 2.68. The fourth-order valence-electron chi connectivity index (χ4n) is 2.04. The number of benzene rings is 1. The summed E-state index contributed by atoms with van der Waals surface area (Å²) in [7, 11) is 3.54. The van der Waals surface area contributed by atoms with Crippen LogP contribution in [0.1, 0.15) is 18.4 Å². The zero-order valence-electron chi connectivity index (χ0n) is 12.1. The molecule has 1 heterocycles. The Kier molecular flexibility index (Phi) is 5.24. The number of rotatable bonds is 5. The van der Waals surface area contributed by atoms with Gasteiger partial charge in [0.05, 0.1) is 13.2 Å². The minimum absolute atomic E-state index is 0.129. The molecule has 5 nitrogen and oxygen atoms in total. The highest BCUT2D eigenvalue weighted by Gasteiger charge is 2.14. The van der Waals surface area contributed by atoms with Crippen LogP contribution in [0.5, 0.6) is 11.5 Å². The number of ether oxygens (including phenoxy) is 2. The molecule has 0 saturated carbocycles. The normalized spacial score (nSPS) is 13.7. The molecule has 0 saturated heterocycles. The van der Waals surface area contributed by atoms with E-state index in [2.05, 4.69) is 5.32 Å². The average molecular weight is 278 g/mol. The predicted molar refractivity (Wildman–Crippen MR) is 77.1 cm³/mol. The van der Waals surface area contributed by atoms with Crippen molar-refractivity contribution in [2.45, 2.75) is 19.4 Å². The Labute approximate surface area is 119 Å². The van der Waals surface area contributed by atoms with Gasteiger partial charge in [-0.25, -0.2) is 0 Å². The molecule has 0 bridgehead atoms.